The number of aromatic nitrogens is 1. The zero-order valence-corrected chi connectivity index (χ0v) is 8.34. The minimum absolute atomic E-state index is 0.0644. The maximum absolute atomic E-state index is 11.0. The van der Waals surface area contributed by atoms with Crippen molar-refractivity contribution in [1.82, 2.24) is 15.8 Å². The number of hydrogen-bond donors (Lipinski definition) is 3. The lowest BCUT2D eigenvalue weighted by Gasteiger charge is -2.17. The predicted octanol–water partition coefficient (Wildman–Crippen LogP) is 0.115. The second-order valence-corrected chi connectivity index (χ2v) is 3.70. The van der Waals surface area contributed by atoms with Crippen LogP contribution in [0.2, 0.25) is 0 Å². The van der Waals surface area contributed by atoms with Gasteiger partial charge in [-0.3, -0.25) is 15.2 Å². The first-order valence-electron chi connectivity index (χ1n) is 4.84. The number of nitrogens with zero attached hydrogens (tertiary/aromatic N) is 1. The molecule has 0 aliphatic carbocycles. The molecular weight excluding hydrogens is 194 g/mol. The van der Waals surface area contributed by atoms with Gasteiger partial charge in [-0.15, -0.1) is 0 Å². The lowest BCUT2D eigenvalue weighted by Crippen LogP contribution is -2.38. The quantitative estimate of drug-likeness (QED) is 0.642. The number of pyridine rings is 1. The summed E-state index contributed by atoms with van der Waals surface area (Å²) in [6.45, 7) is 1.96. The van der Waals surface area contributed by atoms with Crippen molar-refractivity contribution >= 4 is 5.97 Å². The zero-order valence-electron chi connectivity index (χ0n) is 8.34. The Labute approximate surface area is 87.5 Å². The Bertz CT molecular complexity index is 355. The second-order valence-electron chi connectivity index (χ2n) is 3.70. The molecule has 1 aliphatic rings. The van der Waals surface area contributed by atoms with Gasteiger partial charge < -0.3 is 5.11 Å². The van der Waals surface area contributed by atoms with Gasteiger partial charge >= 0.3 is 5.97 Å². The third-order valence-electron chi connectivity index (χ3n) is 2.72. The molecule has 2 heterocycles. The normalized spacial score (nSPS) is 30.3. The Kier molecular flexibility index (Phi) is 2.66. The molecule has 0 aromatic carbocycles. The highest BCUT2D eigenvalue weighted by Gasteiger charge is 2.38. The number of hydrazine groups is 1. The summed E-state index contributed by atoms with van der Waals surface area (Å²) < 4.78 is 0. The highest BCUT2D eigenvalue weighted by Crippen LogP contribution is 2.26. The molecule has 1 aromatic rings. The Hall–Kier alpha value is -1.46. The number of carboxylic acid groups (broad SMARTS) is 1. The van der Waals surface area contributed by atoms with Crippen LogP contribution in [0.1, 0.15) is 18.4 Å². The number of hydrogen-bond acceptors (Lipinski definition) is 4. The van der Waals surface area contributed by atoms with Crippen LogP contribution in [0.4, 0.5) is 0 Å². The van der Waals surface area contributed by atoms with E-state index in [1.807, 2.05) is 19.1 Å². The molecule has 3 atom stereocenters. The van der Waals surface area contributed by atoms with Crippen molar-refractivity contribution in [3.05, 3.63) is 30.1 Å². The molecule has 5 heteroatoms. The van der Waals surface area contributed by atoms with Gasteiger partial charge in [-0.2, -0.15) is 0 Å². The lowest BCUT2D eigenvalue weighted by atomic mass is 9.88. The van der Waals surface area contributed by atoms with Crippen molar-refractivity contribution in [2.75, 3.05) is 0 Å². The molecule has 0 spiro atoms. The van der Waals surface area contributed by atoms with E-state index in [1.165, 1.54) is 0 Å². The van der Waals surface area contributed by atoms with E-state index < -0.39 is 12.0 Å². The van der Waals surface area contributed by atoms with Crippen molar-refractivity contribution in [3.8, 4) is 0 Å². The van der Waals surface area contributed by atoms with Crippen LogP contribution in [0.15, 0.2) is 24.5 Å². The first-order chi connectivity index (χ1) is 7.20. The summed E-state index contributed by atoms with van der Waals surface area (Å²) in [7, 11) is 0. The second kappa shape index (κ2) is 3.96. The predicted molar refractivity (Wildman–Crippen MR) is 54.1 cm³/mol. The smallest absolute Gasteiger partial charge is 0.322 e. The molecule has 1 aliphatic heterocycles. The monoisotopic (exact) mass is 207 g/mol. The van der Waals surface area contributed by atoms with Crippen molar-refractivity contribution in [2.45, 2.75) is 24.9 Å². The molecule has 3 N–H and O–H groups in total. The van der Waals surface area contributed by atoms with Crippen LogP contribution >= 0.6 is 0 Å². The topological polar surface area (TPSA) is 74.2 Å². The summed E-state index contributed by atoms with van der Waals surface area (Å²) >= 11 is 0. The van der Waals surface area contributed by atoms with Crippen LogP contribution in [0.25, 0.3) is 0 Å². The third kappa shape index (κ3) is 1.84. The van der Waals surface area contributed by atoms with E-state index in [0.717, 1.165) is 5.56 Å². The van der Waals surface area contributed by atoms with Crippen molar-refractivity contribution in [2.24, 2.45) is 0 Å². The fraction of sp³-hybridized carbons (Fsp3) is 0.400. The van der Waals surface area contributed by atoms with Crippen LogP contribution in [-0.2, 0) is 4.79 Å². The van der Waals surface area contributed by atoms with Crippen LogP contribution in [0.5, 0.6) is 0 Å². The molecule has 0 radical (unpaired) electrons. The Morgan fingerprint density at radius 3 is 2.67 bits per heavy atom. The molecule has 0 saturated carbocycles. The highest BCUT2D eigenvalue weighted by atomic mass is 16.4. The maximum Gasteiger partial charge on any atom is 0.322 e. The van der Waals surface area contributed by atoms with Gasteiger partial charge in [0, 0.05) is 24.4 Å². The van der Waals surface area contributed by atoms with Crippen molar-refractivity contribution < 1.29 is 9.90 Å². The first kappa shape index (κ1) is 10.1. The maximum atomic E-state index is 11.0. The van der Waals surface area contributed by atoms with Gasteiger partial charge in [0.2, 0.25) is 0 Å². The van der Waals surface area contributed by atoms with Crippen molar-refractivity contribution in [1.29, 1.82) is 0 Å². The van der Waals surface area contributed by atoms with Gasteiger partial charge in [0.1, 0.15) is 6.04 Å². The Morgan fingerprint density at radius 1 is 1.40 bits per heavy atom. The fourth-order valence-corrected chi connectivity index (χ4v) is 1.97. The first-order valence-corrected chi connectivity index (χ1v) is 4.84. The van der Waals surface area contributed by atoms with Gasteiger partial charge in [-0.1, -0.05) is 0 Å². The van der Waals surface area contributed by atoms with Crippen molar-refractivity contribution in [3.63, 3.8) is 0 Å². The molecule has 0 bridgehead atoms. The minimum atomic E-state index is -0.839. The molecule has 1 saturated heterocycles. The highest BCUT2D eigenvalue weighted by molar-refractivity contribution is 5.75. The molecule has 1 fully saturated rings. The molecule has 5 nitrogen and oxygen atoms in total. The average molecular weight is 207 g/mol. The summed E-state index contributed by atoms with van der Waals surface area (Å²) in [5, 5.41) is 9.04. The number of aliphatic carboxylic acids is 1. The number of nitrogens with one attached hydrogen (secondary N) is 2. The van der Waals surface area contributed by atoms with E-state index in [9.17, 15) is 4.79 Å². The SMILES string of the molecule is CC1NNC(C(=O)O)C1c1ccncc1. The standard InChI is InChI=1S/C10H13N3O2/c1-6-8(7-2-4-11-5-3-7)9(10(14)15)13-12-6/h2-6,8-9,12-13H,1H3,(H,14,15). The van der Waals surface area contributed by atoms with Gasteiger partial charge in [-0.05, 0) is 24.6 Å². The molecule has 80 valence electrons. The van der Waals surface area contributed by atoms with E-state index in [-0.39, 0.29) is 12.0 Å². The molecule has 2 rings (SSSR count). The average Bonchev–Trinajstić information content (AvgIpc) is 2.61. The fourth-order valence-electron chi connectivity index (χ4n) is 1.97. The van der Waals surface area contributed by atoms with E-state index in [2.05, 4.69) is 15.8 Å². The molecule has 1 aromatic heterocycles. The molecule has 0 amide bonds. The summed E-state index contributed by atoms with van der Waals surface area (Å²) in [4.78, 5) is 14.9. The Balaban J connectivity index is 2.29. The summed E-state index contributed by atoms with van der Waals surface area (Å²) in [5.74, 6) is -0.904. The van der Waals surface area contributed by atoms with E-state index in [4.69, 9.17) is 5.11 Å². The van der Waals surface area contributed by atoms with Gasteiger partial charge in [0.15, 0.2) is 0 Å². The minimum Gasteiger partial charge on any atom is -0.480 e. The molecular formula is C10H13N3O2. The van der Waals surface area contributed by atoms with E-state index in [0.29, 0.717) is 0 Å². The summed E-state index contributed by atoms with van der Waals surface area (Å²) in [6, 6.07) is 3.22. The van der Waals surface area contributed by atoms with Gasteiger partial charge in [0.05, 0.1) is 0 Å². The lowest BCUT2D eigenvalue weighted by molar-refractivity contribution is -0.139. The third-order valence-corrected chi connectivity index (χ3v) is 2.72. The molecule has 3 unspecified atom stereocenters. The zero-order chi connectivity index (χ0) is 10.8. The summed E-state index contributed by atoms with van der Waals surface area (Å²) in [6.07, 6.45) is 3.36. The van der Waals surface area contributed by atoms with E-state index >= 15 is 0 Å². The van der Waals surface area contributed by atoms with E-state index in [1.54, 1.807) is 12.4 Å². The number of carboxylic acids is 1. The summed E-state index contributed by atoms with van der Waals surface area (Å²) in [5.41, 5.74) is 6.72. The Morgan fingerprint density at radius 2 is 2.07 bits per heavy atom. The largest absolute Gasteiger partial charge is 0.480 e. The van der Waals surface area contributed by atoms with Crippen LogP contribution in [-0.4, -0.2) is 28.1 Å². The van der Waals surface area contributed by atoms with Gasteiger partial charge in [0.25, 0.3) is 0 Å². The van der Waals surface area contributed by atoms with Crippen LogP contribution in [0, 0.1) is 0 Å². The molecule has 15 heavy (non-hydrogen) atoms. The number of carbonyl (C=O) groups is 1. The number of rotatable bonds is 2. The van der Waals surface area contributed by atoms with Crippen LogP contribution < -0.4 is 10.9 Å². The van der Waals surface area contributed by atoms with Gasteiger partial charge in [-0.25, -0.2) is 5.43 Å². The van der Waals surface area contributed by atoms with Crippen LogP contribution in [0.3, 0.4) is 0 Å².